The number of nitrogens with one attached hydrogen (secondary N) is 1. The summed E-state index contributed by atoms with van der Waals surface area (Å²) < 4.78 is 0. The maximum Gasteiger partial charge on any atom is 0.257 e. The Bertz CT molecular complexity index is 1720. The number of anilines is 2. The molecule has 9 nitrogen and oxygen atoms in total. The van der Waals surface area contributed by atoms with Crippen molar-refractivity contribution in [3.8, 4) is 11.1 Å². The molecule has 1 saturated heterocycles. The second-order valence-corrected chi connectivity index (χ2v) is 12.0. The molecule has 2 aliphatic heterocycles. The van der Waals surface area contributed by atoms with E-state index in [1.54, 1.807) is 41.2 Å². The zero-order valence-corrected chi connectivity index (χ0v) is 25.6. The van der Waals surface area contributed by atoms with E-state index in [0.717, 1.165) is 42.6 Å². The standard InChI is InChI=1S/C36H38N6O3/c1-40-17-14-24(15-18-40)22-39-34(43)29-10-6-7-25(19-29)23-42-33(26-8-4-3-5-9-26)36(45)41(2)31-20-27(11-12-30(31)35(42)44)28-13-16-38-32(37)21-28/h3-13,16,19-21,24,33H,14-15,17-18,22-23H2,1-2H3,(H2,37,38)(H,39,43)/t33-/m1/s1. The van der Waals surface area contributed by atoms with Crippen molar-refractivity contribution in [2.75, 3.05) is 44.4 Å². The van der Waals surface area contributed by atoms with E-state index in [4.69, 9.17) is 5.73 Å². The zero-order chi connectivity index (χ0) is 31.5. The number of amides is 3. The third-order valence-electron chi connectivity index (χ3n) is 8.89. The molecule has 3 amide bonds. The Morgan fingerprint density at radius 1 is 0.911 bits per heavy atom. The van der Waals surface area contributed by atoms with Crippen molar-refractivity contribution in [3.05, 3.63) is 113 Å². The highest BCUT2D eigenvalue weighted by molar-refractivity contribution is 6.11. The highest BCUT2D eigenvalue weighted by atomic mass is 16.2. The van der Waals surface area contributed by atoms with Gasteiger partial charge in [-0.05, 0) is 97.5 Å². The monoisotopic (exact) mass is 602 g/mol. The molecular formula is C36H38N6O3. The Labute approximate surface area is 263 Å². The average molecular weight is 603 g/mol. The fourth-order valence-corrected chi connectivity index (χ4v) is 6.24. The highest BCUT2D eigenvalue weighted by Gasteiger charge is 2.39. The minimum atomic E-state index is -0.863. The average Bonchev–Trinajstić information content (AvgIpc) is 3.13. The molecule has 0 saturated carbocycles. The van der Waals surface area contributed by atoms with Gasteiger partial charge in [-0.3, -0.25) is 14.4 Å². The zero-order valence-electron chi connectivity index (χ0n) is 25.6. The summed E-state index contributed by atoms with van der Waals surface area (Å²) in [5.41, 5.74) is 10.5. The van der Waals surface area contributed by atoms with Crippen molar-refractivity contribution in [2.45, 2.75) is 25.4 Å². The van der Waals surface area contributed by atoms with E-state index in [9.17, 15) is 14.4 Å². The Morgan fingerprint density at radius 3 is 2.42 bits per heavy atom. The first-order chi connectivity index (χ1) is 21.8. The largest absolute Gasteiger partial charge is 0.384 e. The lowest BCUT2D eigenvalue weighted by Crippen LogP contribution is -2.41. The van der Waals surface area contributed by atoms with Crippen LogP contribution in [0, 0.1) is 5.92 Å². The van der Waals surface area contributed by atoms with E-state index in [2.05, 4.69) is 22.2 Å². The van der Waals surface area contributed by atoms with E-state index in [-0.39, 0.29) is 24.3 Å². The number of nitrogen functional groups attached to an aromatic ring is 1. The normalized spacial score (nSPS) is 17.6. The van der Waals surface area contributed by atoms with Gasteiger partial charge >= 0.3 is 0 Å². The molecule has 3 heterocycles. The third-order valence-corrected chi connectivity index (χ3v) is 8.89. The molecule has 45 heavy (non-hydrogen) atoms. The Balaban J connectivity index is 1.31. The van der Waals surface area contributed by atoms with Crippen LogP contribution in [0.2, 0.25) is 0 Å². The van der Waals surface area contributed by atoms with Gasteiger partial charge in [0.1, 0.15) is 11.9 Å². The molecular weight excluding hydrogens is 564 g/mol. The lowest BCUT2D eigenvalue weighted by atomic mass is 9.97. The molecule has 9 heteroatoms. The van der Waals surface area contributed by atoms with Crippen LogP contribution < -0.4 is 16.0 Å². The van der Waals surface area contributed by atoms with E-state index in [1.807, 2.05) is 66.7 Å². The molecule has 1 fully saturated rings. The van der Waals surface area contributed by atoms with E-state index < -0.39 is 6.04 Å². The number of nitrogens with zero attached hydrogens (tertiary/aromatic N) is 4. The number of nitrogens with two attached hydrogens (primary N) is 1. The van der Waals surface area contributed by atoms with Gasteiger partial charge in [0, 0.05) is 31.9 Å². The number of benzene rings is 3. The summed E-state index contributed by atoms with van der Waals surface area (Å²) in [6.07, 6.45) is 3.76. The fourth-order valence-electron chi connectivity index (χ4n) is 6.24. The van der Waals surface area contributed by atoms with Gasteiger partial charge in [-0.2, -0.15) is 0 Å². The van der Waals surface area contributed by atoms with E-state index in [0.29, 0.717) is 40.7 Å². The summed E-state index contributed by atoms with van der Waals surface area (Å²) in [5.74, 6) is 0.217. The fraction of sp³-hybridized carbons (Fsp3) is 0.278. The summed E-state index contributed by atoms with van der Waals surface area (Å²) >= 11 is 0. The number of aromatic nitrogens is 1. The first kappa shape index (κ1) is 30.0. The summed E-state index contributed by atoms with van der Waals surface area (Å²) in [5, 5.41) is 3.11. The first-order valence-electron chi connectivity index (χ1n) is 15.3. The van der Waals surface area contributed by atoms with Crippen LogP contribution in [0.25, 0.3) is 11.1 Å². The van der Waals surface area contributed by atoms with Gasteiger partial charge in [0.2, 0.25) is 0 Å². The Kier molecular flexibility index (Phi) is 8.62. The minimum absolute atomic E-state index is 0.136. The Hall–Kier alpha value is -5.02. The smallest absolute Gasteiger partial charge is 0.257 e. The number of hydrogen-bond donors (Lipinski definition) is 2. The third kappa shape index (κ3) is 6.44. The predicted octanol–water partition coefficient (Wildman–Crippen LogP) is 4.76. The van der Waals surface area contributed by atoms with Gasteiger partial charge in [-0.1, -0.05) is 48.5 Å². The number of carbonyl (C=O) groups is 3. The Morgan fingerprint density at radius 2 is 1.67 bits per heavy atom. The highest BCUT2D eigenvalue weighted by Crippen LogP contribution is 2.37. The van der Waals surface area contributed by atoms with Gasteiger partial charge in [-0.15, -0.1) is 0 Å². The van der Waals surface area contributed by atoms with Crippen molar-refractivity contribution < 1.29 is 14.4 Å². The number of piperidine rings is 1. The number of fused-ring (bicyclic) bond motifs is 1. The predicted molar refractivity (Wildman–Crippen MR) is 176 cm³/mol. The van der Waals surface area contributed by atoms with Crippen molar-refractivity contribution in [3.63, 3.8) is 0 Å². The van der Waals surface area contributed by atoms with Crippen LogP contribution in [-0.4, -0.2) is 66.2 Å². The number of pyridine rings is 1. The van der Waals surface area contributed by atoms with Gasteiger partial charge in [0.15, 0.2) is 0 Å². The van der Waals surface area contributed by atoms with E-state index in [1.165, 1.54) is 0 Å². The molecule has 0 aliphatic carbocycles. The second kappa shape index (κ2) is 12.9. The maximum absolute atomic E-state index is 14.4. The van der Waals surface area contributed by atoms with Gasteiger partial charge in [-0.25, -0.2) is 4.98 Å². The molecule has 2 aliphatic rings. The molecule has 0 bridgehead atoms. The van der Waals surface area contributed by atoms with Gasteiger partial charge < -0.3 is 25.8 Å². The molecule has 0 radical (unpaired) electrons. The molecule has 0 unspecified atom stereocenters. The number of carbonyl (C=O) groups excluding carboxylic acids is 3. The van der Waals surface area contributed by atoms with Crippen LogP contribution in [-0.2, 0) is 11.3 Å². The molecule has 3 N–H and O–H groups in total. The number of likely N-dealkylation sites (N-methyl/N-ethyl adjacent to an activating group) is 1. The van der Waals surface area contributed by atoms with Crippen molar-refractivity contribution in [1.82, 2.24) is 20.1 Å². The molecule has 1 aromatic heterocycles. The van der Waals surface area contributed by atoms with Crippen molar-refractivity contribution in [1.29, 1.82) is 0 Å². The first-order valence-corrected chi connectivity index (χ1v) is 15.3. The number of hydrogen-bond acceptors (Lipinski definition) is 6. The van der Waals surface area contributed by atoms with Crippen LogP contribution in [0.1, 0.15) is 50.7 Å². The topological polar surface area (TPSA) is 112 Å². The molecule has 3 aromatic carbocycles. The van der Waals surface area contributed by atoms with Crippen LogP contribution >= 0.6 is 0 Å². The van der Waals surface area contributed by atoms with Crippen LogP contribution in [0.5, 0.6) is 0 Å². The summed E-state index contributed by atoms with van der Waals surface area (Å²) in [4.78, 5) is 51.3. The summed E-state index contributed by atoms with van der Waals surface area (Å²) in [6.45, 7) is 2.87. The van der Waals surface area contributed by atoms with Gasteiger partial charge in [0.05, 0.1) is 11.3 Å². The molecule has 6 rings (SSSR count). The molecule has 0 spiro atoms. The summed E-state index contributed by atoms with van der Waals surface area (Å²) in [7, 11) is 3.83. The van der Waals surface area contributed by atoms with E-state index >= 15 is 0 Å². The summed E-state index contributed by atoms with van der Waals surface area (Å²) in [6, 6.07) is 24.9. The molecule has 4 aromatic rings. The minimum Gasteiger partial charge on any atom is -0.384 e. The quantitative estimate of drug-likeness (QED) is 0.316. The van der Waals surface area contributed by atoms with Crippen LogP contribution in [0.15, 0.2) is 91.1 Å². The molecule has 1 atom stereocenters. The molecule has 230 valence electrons. The second-order valence-electron chi connectivity index (χ2n) is 12.0. The maximum atomic E-state index is 14.4. The number of rotatable bonds is 7. The number of likely N-dealkylation sites (tertiary alicyclic amines) is 1. The van der Waals surface area contributed by atoms with Crippen molar-refractivity contribution in [2.24, 2.45) is 5.92 Å². The van der Waals surface area contributed by atoms with Crippen LogP contribution in [0.4, 0.5) is 11.5 Å². The SMILES string of the molecule is CN1CCC(CNC(=O)c2cccc(CN3C(=O)c4ccc(-c5ccnc(N)c5)cc4N(C)C(=O)[C@H]3c3ccccc3)c2)CC1. The lowest BCUT2D eigenvalue weighted by molar-refractivity contribution is -0.123. The lowest BCUT2D eigenvalue weighted by Gasteiger charge is -2.30. The van der Waals surface area contributed by atoms with Crippen molar-refractivity contribution >= 4 is 29.2 Å². The van der Waals surface area contributed by atoms with Crippen LogP contribution in [0.3, 0.4) is 0 Å². The van der Waals surface area contributed by atoms with Gasteiger partial charge in [0.25, 0.3) is 17.7 Å².